The molecule has 0 rings (SSSR count). The normalized spacial score (nSPS) is 13.0. The van der Waals surface area contributed by atoms with Gasteiger partial charge < -0.3 is 10.2 Å². The molecule has 0 heterocycles. The summed E-state index contributed by atoms with van der Waals surface area (Å²) in [6, 6.07) is 0. The summed E-state index contributed by atoms with van der Waals surface area (Å²) in [6.07, 6.45) is 2.84. The van der Waals surface area contributed by atoms with Gasteiger partial charge in [0.15, 0.2) is 0 Å². The van der Waals surface area contributed by atoms with Crippen LogP contribution in [0, 0.1) is 0 Å². The number of hydrogen-bond acceptors (Lipinski definition) is 2. The lowest BCUT2D eigenvalue weighted by atomic mass is 10.1. The Bertz CT molecular complexity index is 115. The van der Waals surface area contributed by atoms with Crippen LogP contribution in [0.2, 0.25) is 0 Å². The quantitative estimate of drug-likeness (QED) is 0.571. The van der Waals surface area contributed by atoms with Crippen LogP contribution in [0.5, 0.6) is 0 Å². The Morgan fingerprint density at radius 1 is 1.45 bits per heavy atom. The van der Waals surface area contributed by atoms with E-state index in [-0.39, 0.29) is 12.7 Å². The lowest BCUT2D eigenvalue weighted by molar-refractivity contribution is 0.159. The van der Waals surface area contributed by atoms with Gasteiger partial charge in [-0.1, -0.05) is 6.58 Å². The predicted octanol–water partition coefficient (Wildman–Crippen LogP) is 1.85. The van der Waals surface area contributed by atoms with Gasteiger partial charge >= 0.3 is 0 Å². The topological polar surface area (TPSA) is 40.5 Å². The maximum absolute atomic E-state index is 9.30. The molecule has 0 saturated carbocycles. The molecule has 0 aliphatic carbocycles. The first-order chi connectivity index (χ1) is 5.16. The fourth-order valence-corrected chi connectivity index (χ4v) is 1.36. The smallest absolute Gasteiger partial charge is 0.0584 e. The average molecular weight is 270 g/mol. The average Bonchev–Trinajstić information content (AvgIpc) is 1.86. The van der Waals surface area contributed by atoms with Crippen LogP contribution in [-0.4, -0.2) is 22.9 Å². The van der Waals surface area contributed by atoms with Gasteiger partial charge in [0.1, 0.15) is 0 Å². The molecule has 0 aromatic rings. The van der Waals surface area contributed by atoms with Gasteiger partial charge in [0.25, 0.3) is 0 Å². The van der Waals surface area contributed by atoms with Gasteiger partial charge in [-0.25, -0.2) is 0 Å². The first kappa shape index (κ1) is 11.4. The molecule has 66 valence electrons. The Hall–Kier alpha value is 0.390. The van der Waals surface area contributed by atoms with E-state index < -0.39 is 0 Å². The lowest BCUT2D eigenvalue weighted by Gasteiger charge is -2.07. The van der Waals surface area contributed by atoms with Gasteiger partial charge in [-0.3, -0.25) is 0 Å². The third-order valence-corrected chi connectivity index (χ3v) is 1.84. The molecule has 1 atom stereocenters. The molecule has 0 radical (unpaired) electrons. The molecule has 3 heteroatoms. The molecular weight excluding hydrogens is 255 g/mol. The number of halogens is 1. The number of unbranched alkanes of at least 4 members (excludes halogenated alkanes) is 1. The van der Waals surface area contributed by atoms with Crippen molar-refractivity contribution in [1.82, 2.24) is 0 Å². The Labute approximate surface area is 81.5 Å². The largest absolute Gasteiger partial charge is 0.396 e. The summed E-state index contributed by atoms with van der Waals surface area (Å²) in [7, 11) is 0. The van der Waals surface area contributed by atoms with Crippen molar-refractivity contribution < 1.29 is 10.2 Å². The minimum absolute atomic E-state index is 0.220. The number of rotatable bonds is 6. The Kier molecular flexibility index (Phi) is 7.31. The van der Waals surface area contributed by atoms with Crippen molar-refractivity contribution in [3.05, 3.63) is 10.2 Å². The van der Waals surface area contributed by atoms with Gasteiger partial charge in [-0.05, 0) is 45.4 Å². The summed E-state index contributed by atoms with van der Waals surface area (Å²) in [4.78, 5) is 0. The standard InChI is InChI=1S/C8H15IO2/c1-7(9)6-8(11)4-2-3-5-10/h8,10-11H,1-6H2. The second-order valence-electron chi connectivity index (χ2n) is 2.59. The maximum Gasteiger partial charge on any atom is 0.0584 e. The predicted molar refractivity (Wildman–Crippen MR) is 54.7 cm³/mol. The van der Waals surface area contributed by atoms with E-state index in [4.69, 9.17) is 5.11 Å². The molecule has 0 aliphatic rings. The van der Waals surface area contributed by atoms with Crippen LogP contribution >= 0.6 is 22.6 Å². The van der Waals surface area contributed by atoms with E-state index in [9.17, 15) is 5.11 Å². The molecule has 0 bridgehead atoms. The third-order valence-electron chi connectivity index (χ3n) is 1.40. The summed E-state index contributed by atoms with van der Waals surface area (Å²) in [5, 5.41) is 17.8. The van der Waals surface area contributed by atoms with Gasteiger partial charge in [0.2, 0.25) is 0 Å². The van der Waals surface area contributed by atoms with Gasteiger partial charge in [-0.15, -0.1) is 0 Å². The van der Waals surface area contributed by atoms with Crippen LogP contribution in [0.25, 0.3) is 0 Å². The maximum atomic E-state index is 9.30. The van der Waals surface area contributed by atoms with E-state index in [2.05, 4.69) is 29.2 Å². The summed E-state index contributed by atoms with van der Waals surface area (Å²) in [5.74, 6) is 0. The van der Waals surface area contributed by atoms with Crippen molar-refractivity contribution in [2.75, 3.05) is 6.61 Å². The molecule has 2 nitrogen and oxygen atoms in total. The minimum atomic E-state index is -0.272. The summed E-state index contributed by atoms with van der Waals surface area (Å²) < 4.78 is 0.985. The van der Waals surface area contributed by atoms with Crippen molar-refractivity contribution in [3.63, 3.8) is 0 Å². The monoisotopic (exact) mass is 270 g/mol. The Morgan fingerprint density at radius 3 is 2.55 bits per heavy atom. The molecule has 1 unspecified atom stereocenters. The van der Waals surface area contributed by atoms with Crippen LogP contribution in [0.1, 0.15) is 25.7 Å². The molecule has 11 heavy (non-hydrogen) atoms. The summed E-state index contributed by atoms with van der Waals surface area (Å²) >= 11 is 2.11. The first-order valence-corrected chi connectivity index (χ1v) is 4.87. The van der Waals surface area contributed by atoms with Crippen LogP contribution in [0.15, 0.2) is 10.2 Å². The minimum Gasteiger partial charge on any atom is -0.396 e. The van der Waals surface area contributed by atoms with E-state index >= 15 is 0 Å². The first-order valence-electron chi connectivity index (χ1n) is 3.79. The van der Waals surface area contributed by atoms with Crippen LogP contribution < -0.4 is 0 Å². The van der Waals surface area contributed by atoms with E-state index in [0.29, 0.717) is 6.42 Å². The molecule has 0 aliphatic heterocycles. The van der Waals surface area contributed by atoms with Gasteiger partial charge in [0.05, 0.1) is 6.10 Å². The van der Waals surface area contributed by atoms with E-state index in [1.165, 1.54) is 0 Å². The lowest BCUT2D eigenvalue weighted by Crippen LogP contribution is -2.05. The zero-order valence-corrected chi connectivity index (χ0v) is 8.75. The Morgan fingerprint density at radius 2 is 2.09 bits per heavy atom. The molecule has 0 amide bonds. The van der Waals surface area contributed by atoms with Gasteiger partial charge in [0, 0.05) is 13.0 Å². The SMILES string of the molecule is C=C(I)CC(O)CCCCO. The second-order valence-corrected chi connectivity index (χ2v) is 4.12. The van der Waals surface area contributed by atoms with Crippen molar-refractivity contribution in [3.8, 4) is 0 Å². The molecule has 0 fully saturated rings. The highest BCUT2D eigenvalue weighted by molar-refractivity contribution is 14.1. The molecule has 0 saturated heterocycles. The summed E-state index contributed by atoms with van der Waals surface area (Å²) in [5.41, 5.74) is 0. The molecule has 0 spiro atoms. The van der Waals surface area contributed by atoms with Crippen molar-refractivity contribution in [1.29, 1.82) is 0 Å². The number of hydrogen-bond donors (Lipinski definition) is 2. The van der Waals surface area contributed by atoms with Crippen molar-refractivity contribution >= 4 is 22.6 Å². The fraction of sp³-hybridized carbons (Fsp3) is 0.750. The van der Waals surface area contributed by atoms with E-state index in [1.807, 2.05) is 0 Å². The molecule has 0 aromatic heterocycles. The fourth-order valence-electron chi connectivity index (χ4n) is 0.849. The van der Waals surface area contributed by atoms with Crippen LogP contribution in [-0.2, 0) is 0 Å². The highest BCUT2D eigenvalue weighted by atomic mass is 127. The van der Waals surface area contributed by atoms with E-state index in [1.54, 1.807) is 0 Å². The molecular formula is C8H15IO2. The van der Waals surface area contributed by atoms with Crippen LogP contribution in [0.3, 0.4) is 0 Å². The Balaban J connectivity index is 3.22. The number of aliphatic hydroxyl groups excluding tert-OH is 2. The number of aliphatic hydroxyl groups is 2. The third kappa shape index (κ3) is 8.29. The molecule has 2 N–H and O–H groups in total. The highest BCUT2D eigenvalue weighted by Crippen LogP contribution is 2.14. The zero-order chi connectivity index (χ0) is 8.69. The second kappa shape index (κ2) is 7.06. The van der Waals surface area contributed by atoms with Crippen molar-refractivity contribution in [2.24, 2.45) is 0 Å². The zero-order valence-electron chi connectivity index (χ0n) is 6.59. The van der Waals surface area contributed by atoms with E-state index in [0.717, 1.165) is 22.8 Å². The molecule has 0 aromatic carbocycles. The van der Waals surface area contributed by atoms with Gasteiger partial charge in [-0.2, -0.15) is 0 Å². The van der Waals surface area contributed by atoms with Crippen molar-refractivity contribution in [2.45, 2.75) is 31.8 Å². The summed E-state index contributed by atoms with van der Waals surface area (Å²) in [6.45, 7) is 3.92. The highest BCUT2D eigenvalue weighted by Gasteiger charge is 2.03. The van der Waals surface area contributed by atoms with Crippen LogP contribution in [0.4, 0.5) is 0 Å².